The third kappa shape index (κ3) is 5.32. The predicted molar refractivity (Wildman–Crippen MR) is 71.9 cm³/mol. The Balaban J connectivity index is 2.57. The van der Waals surface area contributed by atoms with E-state index in [1.165, 1.54) is 0 Å². The molecular weight excluding hydrogens is 246 g/mol. The summed E-state index contributed by atoms with van der Waals surface area (Å²) in [5.74, 6) is -1.18. The molecule has 1 rings (SSSR count). The Morgan fingerprint density at radius 3 is 2.63 bits per heavy atom. The standard InChI is InChI=1S/C14H23NO4/c1-9(15-13(18)19-14(2,3)4)8-10-6-5-7-11(10)12(16)17/h8-9,11H,5-7H2,1-4H3,(H,15,18)(H,16,17)/b10-8-/t9?,11-/m1/s1. The average molecular weight is 269 g/mol. The molecule has 1 saturated carbocycles. The Bertz CT molecular complexity index is 381. The van der Waals surface area contributed by atoms with Crippen molar-refractivity contribution in [3.63, 3.8) is 0 Å². The Morgan fingerprint density at radius 1 is 1.47 bits per heavy atom. The normalized spacial score (nSPS) is 23.2. The molecule has 0 aliphatic heterocycles. The summed E-state index contributed by atoms with van der Waals surface area (Å²) in [6.45, 7) is 7.21. The second-order valence-corrected chi connectivity index (χ2v) is 5.96. The number of ether oxygens (including phenoxy) is 1. The van der Waals surface area contributed by atoms with Crippen molar-refractivity contribution in [1.82, 2.24) is 5.32 Å². The van der Waals surface area contributed by atoms with Gasteiger partial charge in [-0.25, -0.2) is 4.79 Å². The van der Waals surface area contributed by atoms with Crippen molar-refractivity contribution >= 4 is 12.1 Å². The fourth-order valence-corrected chi connectivity index (χ4v) is 2.21. The molecule has 1 amide bonds. The topological polar surface area (TPSA) is 75.6 Å². The first-order valence-electron chi connectivity index (χ1n) is 6.62. The summed E-state index contributed by atoms with van der Waals surface area (Å²) < 4.78 is 5.15. The van der Waals surface area contributed by atoms with E-state index < -0.39 is 23.6 Å². The van der Waals surface area contributed by atoms with Gasteiger partial charge in [0, 0.05) is 6.04 Å². The van der Waals surface area contributed by atoms with Gasteiger partial charge in [-0.15, -0.1) is 0 Å². The first-order valence-corrected chi connectivity index (χ1v) is 6.62. The number of aliphatic carboxylic acids is 1. The van der Waals surface area contributed by atoms with Crippen LogP contribution >= 0.6 is 0 Å². The number of amides is 1. The minimum atomic E-state index is -0.784. The van der Waals surface area contributed by atoms with Gasteiger partial charge >= 0.3 is 12.1 Å². The summed E-state index contributed by atoms with van der Waals surface area (Å²) in [5.41, 5.74) is 0.365. The Hall–Kier alpha value is -1.52. The maximum absolute atomic E-state index is 11.6. The van der Waals surface area contributed by atoms with Crippen molar-refractivity contribution in [3.05, 3.63) is 11.6 Å². The van der Waals surface area contributed by atoms with Crippen molar-refractivity contribution < 1.29 is 19.4 Å². The van der Waals surface area contributed by atoms with E-state index in [4.69, 9.17) is 9.84 Å². The molecule has 0 bridgehead atoms. The van der Waals surface area contributed by atoms with Gasteiger partial charge in [0.15, 0.2) is 0 Å². The summed E-state index contributed by atoms with van der Waals surface area (Å²) in [7, 11) is 0. The third-order valence-corrected chi connectivity index (χ3v) is 2.91. The number of hydrogen-bond donors (Lipinski definition) is 2. The quantitative estimate of drug-likeness (QED) is 0.772. The molecule has 2 atom stereocenters. The molecule has 0 aromatic rings. The number of carboxylic acids is 1. The molecule has 5 heteroatoms. The van der Waals surface area contributed by atoms with Crippen LogP contribution in [0.5, 0.6) is 0 Å². The highest BCUT2D eigenvalue weighted by molar-refractivity contribution is 5.74. The maximum Gasteiger partial charge on any atom is 0.408 e. The zero-order valence-electron chi connectivity index (χ0n) is 12.0. The van der Waals surface area contributed by atoms with Gasteiger partial charge < -0.3 is 15.2 Å². The lowest BCUT2D eigenvalue weighted by Gasteiger charge is -2.21. The van der Waals surface area contributed by atoms with Crippen LogP contribution in [0.15, 0.2) is 11.6 Å². The molecule has 0 aromatic carbocycles. The van der Waals surface area contributed by atoms with Crippen molar-refractivity contribution in [3.8, 4) is 0 Å². The lowest BCUT2D eigenvalue weighted by Crippen LogP contribution is -2.37. The molecule has 0 radical (unpaired) electrons. The smallest absolute Gasteiger partial charge is 0.408 e. The van der Waals surface area contributed by atoms with Crippen molar-refractivity contribution in [2.45, 2.75) is 58.6 Å². The molecule has 2 N–H and O–H groups in total. The summed E-state index contributed by atoms with van der Waals surface area (Å²) >= 11 is 0. The number of alkyl carbamates (subject to hydrolysis) is 1. The van der Waals surface area contributed by atoms with E-state index in [0.717, 1.165) is 18.4 Å². The number of hydrogen-bond acceptors (Lipinski definition) is 3. The van der Waals surface area contributed by atoms with Crippen LogP contribution in [0, 0.1) is 5.92 Å². The highest BCUT2D eigenvalue weighted by Crippen LogP contribution is 2.31. The molecular formula is C14H23NO4. The Kier molecular flexibility index (Phi) is 4.97. The molecule has 108 valence electrons. The van der Waals surface area contributed by atoms with E-state index in [1.54, 1.807) is 20.8 Å². The van der Waals surface area contributed by atoms with Crippen LogP contribution < -0.4 is 5.32 Å². The monoisotopic (exact) mass is 269 g/mol. The Morgan fingerprint density at radius 2 is 2.11 bits per heavy atom. The van der Waals surface area contributed by atoms with Crippen LogP contribution in [0.2, 0.25) is 0 Å². The SMILES string of the molecule is CC(/C=C1/CCC[C@H]1C(=O)O)NC(=O)OC(C)(C)C. The number of nitrogens with one attached hydrogen (secondary N) is 1. The summed E-state index contributed by atoms with van der Waals surface area (Å²) in [6, 6.07) is -0.232. The zero-order valence-corrected chi connectivity index (χ0v) is 12.0. The largest absolute Gasteiger partial charge is 0.481 e. The minimum Gasteiger partial charge on any atom is -0.481 e. The van der Waals surface area contributed by atoms with Crippen LogP contribution in [0.3, 0.4) is 0 Å². The van der Waals surface area contributed by atoms with Crippen molar-refractivity contribution in [1.29, 1.82) is 0 Å². The summed E-state index contributed by atoms with van der Waals surface area (Å²) in [6.07, 6.45) is 3.71. The summed E-state index contributed by atoms with van der Waals surface area (Å²) in [4.78, 5) is 22.6. The highest BCUT2D eigenvalue weighted by Gasteiger charge is 2.27. The van der Waals surface area contributed by atoms with E-state index >= 15 is 0 Å². The molecule has 1 aliphatic rings. The predicted octanol–water partition coefficient (Wildman–Crippen LogP) is 2.71. The number of carbonyl (C=O) groups excluding carboxylic acids is 1. The van der Waals surface area contributed by atoms with Gasteiger partial charge in [0.05, 0.1) is 5.92 Å². The fourth-order valence-electron chi connectivity index (χ4n) is 2.21. The van der Waals surface area contributed by atoms with Crippen LogP contribution in [0.25, 0.3) is 0 Å². The van der Waals surface area contributed by atoms with E-state index in [0.29, 0.717) is 6.42 Å². The lowest BCUT2D eigenvalue weighted by molar-refractivity contribution is -0.140. The number of carboxylic acid groups (broad SMARTS) is 1. The molecule has 0 aromatic heterocycles. The van der Waals surface area contributed by atoms with Gasteiger partial charge in [-0.05, 0) is 47.0 Å². The fraction of sp³-hybridized carbons (Fsp3) is 0.714. The van der Waals surface area contributed by atoms with Gasteiger partial charge in [0.2, 0.25) is 0 Å². The van der Waals surface area contributed by atoms with Crippen LogP contribution in [0.1, 0.15) is 47.0 Å². The molecule has 1 fully saturated rings. The minimum absolute atomic E-state index is 0.232. The number of carbonyl (C=O) groups is 2. The molecule has 1 unspecified atom stereocenters. The Labute approximate surface area is 114 Å². The van der Waals surface area contributed by atoms with Gasteiger partial charge in [-0.1, -0.05) is 11.6 Å². The highest BCUT2D eigenvalue weighted by atomic mass is 16.6. The second kappa shape index (κ2) is 6.08. The third-order valence-electron chi connectivity index (χ3n) is 2.91. The lowest BCUT2D eigenvalue weighted by atomic mass is 10.0. The maximum atomic E-state index is 11.6. The average Bonchev–Trinajstić information content (AvgIpc) is 2.61. The van der Waals surface area contributed by atoms with E-state index in [1.807, 2.05) is 13.0 Å². The van der Waals surface area contributed by atoms with E-state index in [2.05, 4.69) is 5.32 Å². The van der Waals surface area contributed by atoms with E-state index in [9.17, 15) is 9.59 Å². The van der Waals surface area contributed by atoms with Gasteiger partial charge in [0.1, 0.15) is 5.60 Å². The van der Waals surface area contributed by atoms with Crippen LogP contribution in [-0.4, -0.2) is 28.8 Å². The van der Waals surface area contributed by atoms with E-state index in [-0.39, 0.29) is 6.04 Å². The van der Waals surface area contributed by atoms with Crippen LogP contribution in [0.4, 0.5) is 4.79 Å². The molecule has 19 heavy (non-hydrogen) atoms. The molecule has 0 heterocycles. The first kappa shape index (κ1) is 15.5. The van der Waals surface area contributed by atoms with Gasteiger partial charge in [-0.2, -0.15) is 0 Å². The van der Waals surface area contributed by atoms with Crippen molar-refractivity contribution in [2.75, 3.05) is 0 Å². The van der Waals surface area contributed by atoms with Gasteiger partial charge in [-0.3, -0.25) is 4.79 Å². The van der Waals surface area contributed by atoms with Gasteiger partial charge in [0.25, 0.3) is 0 Å². The van der Waals surface area contributed by atoms with Crippen LogP contribution in [-0.2, 0) is 9.53 Å². The second-order valence-electron chi connectivity index (χ2n) is 5.96. The molecule has 1 aliphatic carbocycles. The molecule has 0 spiro atoms. The molecule has 5 nitrogen and oxygen atoms in total. The van der Waals surface area contributed by atoms with Crippen molar-refractivity contribution in [2.24, 2.45) is 5.92 Å². The zero-order chi connectivity index (χ0) is 14.6. The summed E-state index contributed by atoms with van der Waals surface area (Å²) in [5, 5.41) is 11.8. The molecule has 0 saturated heterocycles. The number of rotatable bonds is 3. The first-order chi connectivity index (χ1) is 8.69.